The van der Waals surface area contributed by atoms with Crippen molar-refractivity contribution in [1.82, 2.24) is 19.9 Å². The summed E-state index contributed by atoms with van der Waals surface area (Å²) < 4.78 is 7.41. The van der Waals surface area contributed by atoms with E-state index in [1.165, 1.54) is 19.0 Å². The van der Waals surface area contributed by atoms with Crippen molar-refractivity contribution in [2.75, 3.05) is 6.61 Å². The minimum Gasteiger partial charge on any atom is -0.477 e. The first-order valence-electron chi connectivity index (χ1n) is 7.05. The molecule has 6 heteroatoms. The number of rotatable bonds is 6. The van der Waals surface area contributed by atoms with E-state index in [0.29, 0.717) is 23.9 Å². The van der Waals surface area contributed by atoms with Crippen LogP contribution in [-0.2, 0) is 13.6 Å². The van der Waals surface area contributed by atoms with Gasteiger partial charge in [0.2, 0.25) is 5.88 Å². The number of hydrogen-bond donors (Lipinski definition) is 1. The van der Waals surface area contributed by atoms with Crippen molar-refractivity contribution in [2.24, 2.45) is 13.0 Å². The number of aryl methyl sites for hydroxylation is 1. The molecule has 0 unspecified atom stereocenters. The highest BCUT2D eigenvalue weighted by Gasteiger charge is 2.22. The molecule has 0 radical (unpaired) electrons. The van der Waals surface area contributed by atoms with E-state index in [1.807, 2.05) is 17.8 Å². The number of aromatic nitrogens is 3. The van der Waals surface area contributed by atoms with Crippen molar-refractivity contribution in [2.45, 2.75) is 19.4 Å². The lowest BCUT2D eigenvalue weighted by molar-refractivity contribution is 0.0949. The van der Waals surface area contributed by atoms with Crippen LogP contribution >= 0.6 is 0 Å². The molecule has 1 amide bonds. The molecule has 6 nitrogen and oxygen atoms in total. The molecular formula is C15H18N4O2. The number of carbonyl (C=O) groups excluding carboxylic acids is 1. The van der Waals surface area contributed by atoms with Gasteiger partial charge in [-0.25, -0.2) is 9.97 Å². The number of carbonyl (C=O) groups is 1. The third-order valence-corrected chi connectivity index (χ3v) is 3.49. The first kappa shape index (κ1) is 13.6. The van der Waals surface area contributed by atoms with E-state index in [1.54, 1.807) is 18.3 Å². The van der Waals surface area contributed by atoms with E-state index < -0.39 is 0 Å². The van der Waals surface area contributed by atoms with E-state index in [-0.39, 0.29) is 5.91 Å². The van der Waals surface area contributed by atoms with Gasteiger partial charge in [0.15, 0.2) is 0 Å². The van der Waals surface area contributed by atoms with Crippen molar-refractivity contribution in [1.29, 1.82) is 0 Å². The molecule has 0 saturated heterocycles. The zero-order valence-corrected chi connectivity index (χ0v) is 12.0. The first-order chi connectivity index (χ1) is 10.2. The predicted octanol–water partition coefficient (Wildman–Crippen LogP) is 1.53. The summed E-state index contributed by atoms with van der Waals surface area (Å²) >= 11 is 0. The van der Waals surface area contributed by atoms with E-state index in [0.717, 1.165) is 12.4 Å². The average molecular weight is 286 g/mol. The van der Waals surface area contributed by atoms with Crippen molar-refractivity contribution in [3.63, 3.8) is 0 Å². The van der Waals surface area contributed by atoms with Crippen molar-refractivity contribution in [3.05, 3.63) is 42.1 Å². The fourth-order valence-corrected chi connectivity index (χ4v) is 1.92. The first-order valence-corrected chi connectivity index (χ1v) is 7.05. The number of amides is 1. The molecule has 21 heavy (non-hydrogen) atoms. The zero-order chi connectivity index (χ0) is 14.7. The van der Waals surface area contributed by atoms with Gasteiger partial charge in [0, 0.05) is 31.7 Å². The Morgan fingerprint density at radius 2 is 2.29 bits per heavy atom. The van der Waals surface area contributed by atoms with E-state index >= 15 is 0 Å². The average Bonchev–Trinajstić information content (AvgIpc) is 3.25. The Kier molecular flexibility index (Phi) is 3.85. The molecule has 0 spiro atoms. The summed E-state index contributed by atoms with van der Waals surface area (Å²) in [5.74, 6) is 1.90. The Labute approximate surface area is 123 Å². The standard InChI is InChI=1S/C15H18N4O2/c1-19-7-6-16-13(19)9-18-15(20)12-4-5-14(17-8-12)21-10-11-2-3-11/h4-8,11H,2-3,9-10H2,1H3,(H,18,20). The summed E-state index contributed by atoms with van der Waals surface area (Å²) in [6.07, 6.45) is 7.57. The maximum absolute atomic E-state index is 12.0. The number of nitrogens with zero attached hydrogens (tertiary/aromatic N) is 3. The van der Waals surface area contributed by atoms with Crippen molar-refractivity contribution < 1.29 is 9.53 Å². The lowest BCUT2D eigenvalue weighted by atomic mass is 10.2. The summed E-state index contributed by atoms with van der Waals surface area (Å²) in [5, 5.41) is 2.82. The Morgan fingerprint density at radius 1 is 1.43 bits per heavy atom. The van der Waals surface area contributed by atoms with Gasteiger partial charge in [-0.2, -0.15) is 0 Å². The number of hydrogen-bond acceptors (Lipinski definition) is 4. The van der Waals surface area contributed by atoms with Gasteiger partial charge in [-0.15, -0.1) is 0 Å². The highest BCUT2D eigenvalue weighted by atomic mass is 16.5. The van der Waals surface area contributed by atoms with Gasteiger partial charge in [0.25, 0.3) is 5.91 Å². The Balaban J connectivity index is 1.52. The van der Waals surface area contributed by atoms with Gasteiger partial charge in [-0.1, -0.05) is 0 Å². The van der Waals surface area contributed by atoms with Crippen LogP contribution in [0.3, 0.4) is 0 Å². The Bertz CT molecular complexity index is 617. The van der Waals surface area contributed by atoms with Crippen molar-refractivity contribution in [3.8, 4) is 5.88 Å². The molecule has 1 aliphatic carbocycles. The van der Waals surface area contributed by atoms with E-state index in [4.69, 9.17) is 4.74 Å². The Hall–Kier alpha value is -2.37. The molecule has 110 valence electrons. The van der Waals surface area contributed by atoms with Crippen molar-refractivity contribution >= 4 is 5.91 Å². The smallest absolute Gasteiger partial charge is 0.253 e. The molecule has 2 heterocycles. The van der Waals surface area contributed by atoms with Crippen LogP contribution in [0.25, 0.3) is 0 Å². The Morgan fingerprint density at radius 3 is 2.90 bits per heavy atom. The highest BCUT2D eigenvalue weighted by Crippen LogP contribution is 2.29. The van der Waals surface area contributed by atoms with Crippen LogP contribution in [0.2, 0.25) is 0 Å². The van der Waals surface area contributed by atoms with Gasteiger partial charge in [-0.3, -0.25) is 4.79 Å². The number of ether oxygens (including phenoxy) is 1. The molecule has 2 aromatic rings. The summed E-state index contributed by atoms with van der Waals surface area (Å²) in [7, 11) is 1.89. The van der Waals surface area contributed by atoms with Crippen LogP contribution in [0.15, 0.2) is 30.7 Å². The largest absolute Gasteiger partial charge is 0.477 e. The number of pyridine rings is 1. The summed E-state index contributed by atoms with van der Waals surface area (Å²) in [5.41, 5.74) is 0.517. The molecule has 1 saturated carbocycles. The molecule has 0 atom stereocenters. The van der Waals surface area contributed by atoms with Crippen LogP contribution < -0.4 is 10.1 Å². The van der Waals surface area contributed by atoms with Crippen LogP contribution in [-0.4, -0.2) is 27.0 Å². The molecule has 3 rings (SSSR count). The molecule has 0 aliphatic heterocycles. The second-order valence-corrected chi connectivity index (χ2v) is 5.28. The predicted molar refractivity (Wildman–Crippen MR) is 76.8 cm³/mol. The second-order valence-electron chi connectivity index (χ2n) is 5.28. The fourth-order valence-electron chi connectivity index (χ4n) is 1.92. The maximum atomic E-state index is 12.0. The summed E-state index contributed by atoms with van der Waals surface area (Å²) in [6.45, 7) is 1.11. The van der Waals surface area contributed by atoms with Gasteiger partial charge in [0.05, 0.1) is 18.7 Å². The van der Waals surface area contributed by atoms with Gasteiger partial charge < -0.3 is 14.6 Å². The lowest BCUT2D eigenvalue weighted by Gasteiger charge is -2.07. The molecule has 0 bridgehead atoms. The molecule has 1 fully saturated rings. The molecular weight excluding hydrogens is 268 g/mol. The fraction of sp³-hybridized carbons (Fsp3) is 0.400. The minimum atomic E-state index is -0.167. The summed E-state index contributed by atoms with van der Waals surface area (Å²) in [6, 6.07) is 3.46. The quantitative estimate of drug-likeness (QED) is 0.874. The van der Waals surface area contributed by atoms with Crippen LogP contribution in [0, 0.1) is 5.92 Å². The normalized spacial score (nSPS) is 14.0. The van der Waals surface area contributed by atoms with Gasteiger partial charge >= 0.3 is 0 Å². The lowest BCUT2D eigenvalue weighted by Crippen LogP contribution is -2.24. The third-order valence-electron chi connectivity index (χ3n) is 3.49. The molecule has 1 aliphatic rings. The second kappa shape index (κ2) is 5.95. The van der Waals surface area contributed by atoms with E-state index in [9.17, 15) is 4.79 Å². The van der Waals surface area contributed by atoms with Gasteiger partial charge in [0.1, 0.15) is 5.82 Å². The molecule has 0 aromatic carbocycles. The third kappa shape index (κ3) is 3.59. The maximum Gasteiger partial charge on any atom is 0.253 e. The number of imidazole rings is 1. The van der Waals surface area contributed by atoms with Crippen LogP contribution in [0.4, 0.5) is 0 Å². The molecule has 2 aromatic heterocycles. The minimum absolute atomic E-state index is 0.167. The SMILES string of the molecule is Cn1ccnc1CNC(=O)c1ccc(OCC2CC2)nc1. The van der Waals surface area contributed by atoms with Gasteiger partial charge in [-0.05, 0) is 24.8 Å². The highest BCUT2D eigenvalue weighted by molar-refractivity contribution is 5.93. The topological polar surface area (TPSA) is 69.0 Å². The van der Waals surface area contributed by atoms with E-state index in [2.05, 4.69) is 15.3 Å². The summed E-state index contributed by atoms with van der Waals surface area (Å²) in [4.78, 5) is 20.3. The molecule has 1 N–H and O–H groups in total. The monoisotopic (exact) mass is 286 g/mol. The van der Waals surface area contributed by atoms with Crippen LogP contribution in [0.5, 0.6) is 5.88 Å². The zero-order valence-electron chi connectivity index (χ0n) is 12.0. The van der Waals surface area contributed by atoms with Crippen LogP contribution in [0.1, 0.15) is 29.0 Å². The number of nitrogens with one attached hydrogen (secondary N) is 1.